The van der Waals surface area contributed by atoms with Crippen molar-refractivity contribution >= 4 is 24.1 Å². The lowest BCUT2D eigenvalue weighted by Crippen LogP contribution is -2.48. The van der Waals surface area contributed by atoms with Crippen molar-refractivity contribution in [3.8, 4) is 0 Å². The zero-order valence-electron chi connectivity index (χ0n) is 14.7. The van der Waals surface area contributed by atoms with E-state index in [1.807, 2.05) is 65.6 Å². The maximum absolute atomic E-state index is 12.6. The Morgan fingerprint density at radius 3 is 2.08 bits per heavy atom. The molecular formula is C21H25ClN2O2. The highest BCUT2D eigenvalue weighted by molar-refractivity contribution is 5.98. The van der Waals surface area contributed by atoms with E-state index in [4.69, 9.17) is 5.73 Å². The third-order valence-electron chi connectivity index (χ3n) is 4.85. The van der Waals surface area contributed by atoms with Gasteiger partial charge in [-0.05, 0) is 24.8 Å². The van der Waals surface area contributed by atoms with Crippen molar-refractivity contribution in [2.24, 2.45) is 11.7 Å². The summed E-state index contributed by atoms with van der Waals surface area (Å²) in [6.07, 6.45) is 1.96. The van der Waals surface area contributed by atoms with Crippen molar-refractivity contribution in [3.05, 3.63) is 71.8 Å². The van der Waals surface area contributed by atoms with Crippen LogP contribution in [0.4, 0.5) is 0 Å². The number of halogens is 1. The maximum atomic E-state index is 12.6. The van der Waals surface area contributed by atoms with Gasteiger partial charge in [-0.3, -0.25) is 9.59 Å². The summed E-state index contributed by atoms with van der Waals surface area (Å²) in [5, 5.41) is 0. The first-order valence-corrected chi connectivity index (χ1v) is 8.82. The lowest BCUT2D eigenvalue weighted by molar-refractivity contribution is -0.133. The number of Topliss-reactive ketones (excluding diaryl/α,β-unsaturated/α-hetero) is 1. The molecule has 4 nitrogen and oxygen atoms in total. The van der Waals surface area contributed by atoms with Gasteiger partial charge in [0, 0.05) is 24.6 Å². The molecule has 3 rings (SSSR count). The summed E-state index contributed by atoms with van der Waals surface area (Å²) in [6, 6.07) is 18.7. The standard InChI is InChI=1S/C21H24N2O2.ClH/c22-19(15-16-7-3-1-4-8-16)21(25)23-13-11-18(12-14-23)20(24)17-9-5-2-6-10-17;/h1-10,18-19H,11-15,22H2;1H. The molecular weight excluding hydrogens is 348 g/mol. The van der Waals surface area contributed by atoms with Crippen molar-refractivity contribution < 1.29 is 9.59 Å². The minimum Gasteiger partial charge on any atom is -0.341 e. The Labute approximate surface area is 160 Å². The predicted octanol–water partition coefficient (Wildman–Crippen LogP) is 3.10. The fourth-order valence-electron chi connectivity index (χ4n) is 3.39. The van der Waals surface area contributed by atoms with Crippen LogP contribution in [0.3, 0.4) is 0 Å². The molecule has 1 unspecified atom stereocenters. The quantitative estimate of drug-likeness (QED) is 0.820. The normalized spacial score (nSPS) is 15.8. The van der Waals surface area contributed by atoms with Crippen LogP contribution in [0.25, 0.3) is 0 Å². The highest BCUT2D eigenvalue weighted by Crippen LogP contribution is 2.22. The molecule has 138 valence electrons. The maximum Gasteiger partial charge on any atom is 0.239 e. The minimum atomic E-state index is -0.524. The number of ketones is 1. The first kappa shape index (κ1) is 20.1. The van der Waals surface area contributed by atoms with E-state index in [-0.39, 0.29) is 30.0 Å². The Balaban J connectivity index is 0.00000243. The lowest BCUT2D eigenvalue weighted by atomic mass is 9.88. The van der Waals surface area contributed by atoms with Gasteiger partial charge in [-0.15, -0.1) is 12.4 Å². The lowest BCUT2D eigenvalue weighted by Gasteiger charge is -2.33. The molecule has 1 atom stereocenters. The highest BCUT2D eigenvalue weighted by atomic mass is 35.5. The first-order valence-electron chi connectivity index (χ1n) is 8.82. The van der Waals surface area contributed by atoms with Gasteiger partial charge < -0.3 is 10.6 Å². The van der Waals surface area contributed by atoms with Crippen LogP contribution < -0.4 is 5.73 Å². The van der Waals surface area contributed by atoms with Gasteiger partial charge in [0.1, 0.15) is 0 Å². The molecule has 0 aromatic heterocycles. The molecule has 5 heteroatoms. The molecule has 0 spiro atoms. The fraction of sp³-hybridized carbons (Fsp3) is 0.333. The highest BCUT2D eigenvalue weighted by Gasteiger charge is 2.29. The van der Waals surface area contributed by atoms with Crippen LogP contribution >= 0.6 is 12.4 Å². The van der Waals surface area contributed by atoms with Crippen molar-refractivity contribution in [3.63, 3.8) is 0 Å². The molecule has 0 bridgehead atoms. The van der Waals surface area contributed by atoms with Crippen LogP contribution in [0.15, 0.2) is 60.7 Å². The Hall–Kier alpha value is -2.17. The molecule has 1 aliphatic heterocycles. The van der Waals surface area contributed by atoms with Crippen LogP contribution in [0.2, 0.25) is 0 Å². The van der Waals surface area contributed by atoms with E-state index in [2.05, 4.69) is 0 Å². The summed E-state index contributed by atoms with van der Waals surface area (Å²) in [6.45, 7) is 1.20. The second-order valence-corrected chi connectivity index (χ2v) is 6.63. The molecule has 1 fully saturated rings. The summed E-state index contributed by atoms with van der Waals surface area (Å²) in [4.78, 5) is 26.9. The van der Waals surface area contributed by atoms with Crippen molar-refractivity contribution in [2.45, 2.75) is 25.3 Å². The Bertz CT molecular complexity index is 713. The molecule has 2 N–H and O–H groups in total. The zero-order valence-corrected chi connectivity index (χ0v) is 15.5. The van der Waals surface area contributed by atoms with E-state index in [0.29, 0.717) is 32.4 Å². The topological polar surface area (TPSA) is 63.4 Å². The van der Waals surface area contributed by atoms with Crippen LogP contribution in [-0.2, 0) is 11.2 Å². The van der Waals surface area contributed by atoms with Gasteiger partial charge >= 0.3 is 0 Å². The van der Waals surface area contributed by atoms with Crippen molar-refractivity contribution in [1.29, 1.82) is 0 Å². The second-order valence-electron chi connectivity index (χ2n) is 6.63. The molecule has 2 aromatic rings. The van der Waals surface area contributed by atoms with Gasteiger partial charge in [-0.1, -0.05) is 60.7 Å². The summed E-state index contributed by atoms with van der Waals surface area (Å²) in [7, 11) is 0. The van der Waals surface area contributed by atoms with Crippen molar-refractivity contribution in [2.75, 3.05) is 13.1 Å². The third-order valence-corrected chi connectivity index (χ3v) is 4.85. The minimum absolute atomic E-state index is 0. The Kier molecular flexibility index (Phi) is 7.37. The summed E-state index contributed by atoms with van der Waals surface area (Å²) in [5.74, 6) is 0.160. The molecule has 1 saturated heterocycles. The number of benzene rings is 2. The van der Waals surface area contributed by atoms with Gasteiger partial charge in [-0.2, -0.15) is 0 Å². The summed E-state index contributed by atoms with van der Waals surface area (Å²) < 4.78 is 0. The number of nitrogens with two attached hydrogens (primary N) is 1. The number of carbonyl (C=O) groups excluding carboxylic acids is 2. The second kappa shape index (κ2) is 9.51. The molecule has 26 heavy (non-hydrogen) atoms. The van der Waals surface area contributed by atoms with E-state index in [9.17, 15) is 9.59 Å². The van der Waals surface area contributed by atoms with E-state index >= 15 is 0 Å². The number of carbonyl (C=O) groups is 2. The van der Waals surface area contributed by atoms with Gasteiger partial charge in [0.2, 0.25) is 5.91 Å². The number of amides is 1. The molecule has 0 saturated carbocycles. The number of rotatable bonds is 5. The predicted molar refractivity (Wildman–Crippen MR) is 105 cm³/mol. The number of likely N-dealkylation sites (tertiary alicyclic amines) is 1. The largest absolute Gasteiger partial charge is 0.341 e. The average Bonchev–Trinajstić information content (AvgIpc) is 2.68. The van der Waals surface area contributed by atoms with Crippen LogP contribution in [0.5, 0.6) is 0 Å². The average molecular weight is 373 g/mol. The van der Waals surface area contributed by atoms with Crippen LogP contribution in [0, 0.1) is 5.92 Å². The first-order chi connectivity index (χ1) is 12.1. The zero-order chi connectivity index (χ0) is 17.6. The number of piperidine rings is 1. The molecule has 1 amide bonds. The smallest absolute Gasteiger partial charge is 0.239 e. The van der Waals surface area contributed by atoms with Crippen LogP contribution in [-0.4, -0.2) is 35.7 Å². The number of hydrogen-bond acceptors (Lipinski definition) is 3. The summed E-state index contributed by atoms with van der Waals surface area (Å²) in [5.41, 5.74) is 7.93. The molecule has 1 heterocycles. The molecule has 0 aliphatic carbocycles. The van der Waals surface area contributed by atoms with Gasteiger partial charge in [0.25, 0.3) is 0 Å². The van der Waals surface area contributed by atoms with Gasteiger partial charge in [0.15, 0.2) is 5.78 Å². The number of nitrogens with zero attached hydrogens (tertiary/aromatic N) is 1. The SMILES string of the molecule is Cl.NC(Cc1ccccc1)C(=O)N1CCC(C(=O)c2ccccc2)CC1. The third kappa shape index (κ3) is 4.93. The molecule has 2 aromatic carbocycles. The molecule has 1 aliphatic rings. The fourth-order valence-corrected chi connectivity index (χ4v) is 3.39. The van der Waals surface area contributed by atoms with Crippen LogP contribution in [0.1, 0.15) is 28.8 Å². The Morgan fingerprint density at radius 1 is 0.962 bits per heavy atom. The van der Waals surface area contributed by atoms with E-state index in [1.165, 1.54) is 0 Å². The Morgan fingerprint density at radius 2 is 1.50 bits per heavy atom. The van der Waals surface area contributed by atoms with E-state index < -0.39 is 6.04 Å². The summed E-state index contributed by atoms with van der Waals surface area (Å²) >= 11 is 0. The van der Waals surface area contributed by atoms with Gasteiger partial charge in [-0.25, -0.2) is 0 Å². The van der Waals surface area contributed by atoms with E-state index in [0.717, 1.165) is 11.1 Å². The molecule has 0 radical (unpaired) electrons. The number of hydrogen-bond donors (Lipinski definition) is 1. The van der Waals surface area contributed by atoms with Crippen molar-refractivity contribution in [1.82, 2.24) is 4.90 Å². The monoisotopic (exact) mass is 372 g/mol. The van der Waals surface area contributed by atoms with E-state index in [1.54, 1.807) is 0 Å². The van der Waals surface area contributed by atoms with Gasteiger partial charge in [0.05, 0.1) is 6.04 Å².